The van der Waals surface area contributed by atoms with E-state index in [9.17, 15) is 9.59 Å². The third-order valence-corrected chi connectivity index (χ3v) is 3.41. The molecule has 2 amide bonds. The molecule has 108 valence electrons. The molecule has 0 bridgehead atoms. The second-order valence-corrected chi connectivity index (χ2v) is 5.45. The van der Waals surface area contributed by atoms with E-state index in [-0.39, 0.29) is 24.3 Å². The molecule has 1 heterocycles. The summed E-state index contributed by atoms with van der Waals surface area (Å²) in [6.07, 6.45) is 1.66. The number of benzene rings is 1. The Hall–Kier alpha value is -1.59. The molecule has 2 rings (SSSR count). The normalized spacial score (nSPS) is 16.4. The summed E-state index contributed by atoms with van der Waals surface area (Å²) in [7, 11) is 0. The Bertz CT molecular complexity index is 531. The van der Waals surface area contributed by atoms with Crippen LogP contribution in [0.5, 0.6) is 0 Å². The van der Waals surface area contributed by atoms with E-state index < -0.39 is 0 Å². The van der Waals surface area contributed by atoms with E-state index in [1.165, 1.54) is 0 Å². The summed E-state index contributed by atoms with van der Waals surface area (Å²) in [5.74, 6) is -0.0679. The fourth-order valence-electron chi connectivity index (χ4n) is 2.21. The number of nitrogens with two attached hydrogens (primary N) is 1. The second-order valence-electron chi connectivity index (χ2n) is 5.04. The van der Waals surface area contributed by atoms with Crippen molar-refractivity contribution in [2.45, 2.75) is 32.2 Å². The van der Waals surface area contributed by atoms with Crippen LogP contribution in [-0.2, 0) is 9.59 Å². The van der Waals surface area contributed by atoms with Crippen LogP contribution in [0.1, 0.15) is 26.2 Å². The number of hydrogen-bond acceptors (Lipinski definition) is 3. The molecule has 3 N–H and O–H groups in total. The Kier molecular flexibility index (Phi) is 4.62. The Morgan fingerprint density at radius 3 is 2.85 bits per heavy atom. The number of carbonyl (C=O) groups is 2. The number of nitrogens with zero attached hydrogens (tertiary/aromatic N) is 1. The molecule has 0 saturated carbocycles. The summed E-state index contributed by atoms with van der Waals surface area (Å²) < 4.78 is 0. The number of halogens is 1. The molecule has 0 spiro atoms. The van der Waals surface area contributed by atoms with Gasteiger partial charge in [0, 0.05) is 31.1 Å². The molecule has 6 heteroatoms. The maximum absolute atomic E-state index is 11.7. The Balaban J connectivity index is 2.09. The minimum atomic E-state index is -0.188. The SMILES string of the molecule is CC(N)CC(=O)Nc1ccc(N2CCCC2=O)c(Cl)c1. The predicted molar refractivity (Wildman–Crippen MR) is 79.9 cm³/mol. The first-order valence-electron chi connectivity index (χ1n) is 6.62. The second kappa shape index (κ2) is 6.24. The lowest BCUT2D eigenvalue weighted by Crippen LogP contribution is -2.25. The van der Waals surface area contributed by atoms with Crippen molar-refractivity contribution in [3.05, 3.63) is 23.2 Å². The van der Waals surface area contributed by atoms with Crippen LogP contribution in [-0.4, -0.2) is 24.4 Å². The van der Waals surface area contributed by atoms with Crippen LogP contribution < -0.4 is 16.0 Å². The van der Waals surface area contributed by atoms with Crippen molar-refractivity contribution in [2.75, 3.05) is 16.8 Å². The number of rotatable bonds is 4. The lowest BCUT2D eigenvalue weighted by molar-refractivity contribution is -0.117. The molecule has 1 aliphatic rings. The molecule has 1 aromatic rings. The molecule has 1 aromatic carbocycles. The van der Waals surface area contributed by atoms with Crippen molar-refractivity contribution in [2.24, 2.45) is 5.73 Å². The van der Waals surface area contributed by atoms with Crippen molar-refractivity contribution in [1.82, 2.24) is 0 Å². The van der Waals surface area contributed by atoms with Gasteiger partial charge >= 0.3 is 0 Å². The lowest BCUT2D eigenvalue weighted by Gasteiger charge is -2.18. The van der Waals surface area contributed by atoms with Gasteiger partial charge in [0.1, 0.15) is 0 Å². The van der Waals surface area contributed by atoms with Gasteiger partial charge in [-0.3, -0.25) is 9.59 Å². The fourth-order valence-corrected chi connectivity index (χ4v) is 2.49. The van der Waals surface area contributed by atoms with Crippen LogP contribution in [0.15, 0.2) is 18.2 Å². The molecule has 1 aliphatic heterocycles. The highest BCUT2D eigenvalue weighted by molar-refractivity contribution is 6.34. The number of carbonyl (C=O) groups excluding carboxylic acids is 2. The van der Waals surface area contributed by atoms with Crippen molar-refractivity contribution < 1.29 is 9.59 Å². The van der Waals surface area contributed by atoms with Gasteiger partial charge in [-0.25, -0.2) is 0 Å². The molecular weight excluding hydrogens is 278 g/mol. The Labute approximate surface area is 123 Å². The van der Waals surface area contributed by atoms with E-state index in [1.54, 1.807) is 30.0 Å². The molecule has 1 saturated heterocycles. The smallest absolute Gasteiger partial charge is 0.227 e. The van der Waals surface area contributed by atoms with Crippen molar-refractivity contribution in [3.8, 4) is 0 Å². The monoisotopic (exact) mass is 295 g/mol. The van der Waals surface area contributed by atoms with Gasteiger partial charge in [0.2, 0.25) is 11.8 Å². The molecule has 0 aliphatic carbocycles. The Morgan fingerprint density at radius 2 is 2.30 bits per heavy atom. The molecule has 0 aromatic heterocycles. The standard InChI is InChI=1S/C14H18ClN3O2/c1-9(16)7-13(19)17-10-4-5-12(11(15)8-10)18-6-2-3-14(18)20/h4-5,8-9H,2-3,6-7,16H2,1H3,(H,17,19). The molecular formula is C14H18ClN3O2. The van der Waals surface area contributed by atoms with E-state index in [2.05, 4.69) is 5.32 Å². The average Bonchev–Trinajstić information content (AvgIpc) is 2.74. The topological polar surface area (TPSA) is 75.4 Å². The quantitative estimate of drug-likeness (QED) is 0.893. The van der Waals surface area contributed by atoms with Crippen molar-refractivity contribution in [3.63, 3.8) is 0 Å². The molecule has 20 heavy (non-hydrogen) atoms. The first-order valence-corrected chi connectivity index (χ1v) is 7.00. The predicted octanol–water partition coefficient (Wildman–Crippen LogP) is 2.14. The number of hydrogen-bond donors (Lipinski definition) is 2. The van der Waals surface area contributed by atoms with E-state index in [0.29, 0.717) is 29.4 Å². The summed E-state index contributed by atoms with van der Waals surface area (Å²) >= 11 is 6.19. The van der Waals surface area contributed by atoms with Crippen LogP contribution in [0, 0.1) is 0 Å². The van der Waals surface area contributed by atoms with E-state index >= 15 is 0 Å². The van der Waals surface area contributed by atoms with Crippen LogP contribution >= 0.6 is 11.6 Å². The van der Waals surface area contributed by atoms with Gasteiger partial charge in [-0.2, -0.15) is 0 Å². The Morgan fingerprint density at radius 1 is 1.55 bits per heavy atom. The zero-order valence-electron chi connectivity index (χ0n) is 11.4. The van der Waals surface area contributed by atoms with Crippen LogP contribution in [0.2, 0.25) is 5.02 Å². The minimum Gasteiger partial charge on any atom is -0.327 e. The summed E-state index contributed by atoms with van der Waals surface area (Å²) in [5.41, 5.74) is 6.87. The molecule has 1 atom stereocenters. The molecule has 1 fully saturated rings. The van der Waals surface area contributed by atoms with E-state index in [4.69, 9.17) is 17.3 Å². The van der Waals surface area contributed by atoms with E-state index in [0.717, 1.165) is 6.42 Å². The summed E-state index contributed by atoms with van der Waals surface area (Å²) in [6.45, 7) is 2.46. The van der Waals surface area contributed by atoms with Gasteiger partial charge in [0.15, 0.2) is 0 Å². The van der Waals surface area contributed by atoms with Crippen molar-refractivity contribution in [1.29, 1.82) is 0 Å². The maximum atomic E-state index is 11.7. The summed E-state index contributed by atoms with van der Waals surface area (Å²) in [5, 5.41) is 3.19. The number of anilines is 2. The first kappa shape index (κ1) is 14.8. The molecule has 0 radical (unpaired) electrons. The van der Waals surface area contributed by atoms with Gasteiger partial charge < -0.3 is 16.0 Å². The van der Waals surface area contributed by atoms with Crippen LogP contribution in [0.4, 0.5) is 11.4 Å². The first-order chi connectivity index (χ1) is 9.47. The van der Waals surface area contributed by atoms with Gasteiger partial charge in [0.05, 0.1) is 10.7 Å². The average molecular weight is 296 g/mol. The summed E-state index contributed by atoms with van der Waals surface area (Å²) in [6, 6.07) is 4.97. The van der Waals surface area contributed by atoms with Crippen molar-refractivity contribution >= 4 is 34.8 Å². The zero-order valence-corrected chi connectivity index (χ0v) is 12.1. The summed E-state index contributed by atoms with van der Waals surface area (Å²) in [4.78, 5) is 25.0. The highest BCUT2D eigenvalue weighted by atomic mass is 35.5. The van der Waals surface area contributed by atoms with Crippen LogP contribution in [0.25, 0.3) is 0 Å². The molecule has 1 unspecified atom stereocenters. The van der Waals surface area contributed by atoms with Gasteiger partial charge in [-0.15, -0.1) is 0 Å². The fraction of sp³-hybridized carbons (Fsp3) is 0.429. The minimum absolute atomic E-state index is 0.0839. The van der Waals surface area contributed by atoms with Gasteiger partial charge in [-0.05, 0) is 31.5 Å². The highest BCUT2D eigenvalue weighted by Gasteiger charge is 2.23. The number of amides is 2. The third kappa shape index (κ3) is 3.49. The van der Waals surface area contributed by atoms with E-state index in [1.807, 2.05) is 0 Å². The molecule has 5 nitrogen and oxygen atoms in total. The zero-order chi connectivity index (χ0) is 14.7. The lowest BCUT2D eigenvalue weighted by atomic mass is 10.2. The maximum Gasteiger partial charge on any atom is 0.227 e. The van der Waals surface area contributed by atoms with Gasteiger partial charge in [0.25, 0.3) is 0 Å². The van der Waals surface area contributed by atoms with Crippen LogP contribution in [0.3, 0.4) is 0 Å². The van der Waals surface area contributed by atoms with Gasteiger partial charge in [-0.1, -0.05) is 11.6 Å². The third-order valence-electron chi connectivity index (χ3n) is 3.10. The largest absolute Gasteiger partial charge is 0.327 e. The number of nitrogens with one attached hydrogen (secondary N) is 1. The highest BCUT2D eigenvalue weighted by Crippen LogP contribution is 2.31.